The van der Waals surface area contributed by atoms with Gasteiger partial charge >= 0.3 is 0 Å². The van der Waals surface area contributed by atoms with Crippen molar-refractivity contribution in [3.8, 4) is 0 Å². The van der Waals surface area contributed by atoms with E-state index in [1.807, 2.05) is 12.1 Å². The molecule has 0 amide bonds. The molecule has 2 heterocycles. The van der Waals surface area contributed by atoms with Gasteiger partial charge in [-0.2, -0.15) is 8.78 Å². The van der Waals surface area contributed by atoms with Crippen LogP contribution >= 0.6 is 24.0 Å². The third-order valence-corrected chi connectivity index (χ3v) is 5.47. The number of benzene rings is 1. The van der Waals surface area contributed by atoms with Crippen molar-refractivity contribution in [2.75, 3.05) is 25.0 Å². The van der Waals surface area contributed by atoms with Crippen molar-refractivity contribution in [1.29, 1.82) is 0 Å². The van der Waals surface area contributed by atoms with Gasteiger partial charge < -0.3 is 15.1 Å². The lowest BCUT2D eigenvalue weighted by atomic mass is 10.1. The summed E-state index contributed by atoms with van der Waals surface area (Å²) in [5.74, 6) is -1.49. The van der Waals surface area contributed by atoms with Gasteiger partial charge in [0.2, 0.25) is 0 Å². The Balaban J connectivity index is 1.54. The third kappa shape index (κ3) is 6.19. The molecule has 0 bridgehead atoms. The van der Waals surface area contributed by atoms with Crippen molar-refractivity contribution in [2.45, 2.75) is 36.0 Å². The zero-order chi connectivity index (χ0) is 19.1. The molecule has 1 aromatic heterocycles. The fourth-order valence-corrected chi connectivity index (χ4v) is 3.91. The number of furan rings is 1. The van der Waals surface area contributed by atoms with Gasteiger partial charge in [0.25, 0.3) is 5.76 Å². The van der Waals surface area contributed by atoms with E-state index in [0.29, 0.717) is 28.3 Å². The van der Waals surface area contributed by atoms with E-state index < -0.39 is 5.76 Å². The minimum Gasteiger partial charge on any atom is -0.468 e. The summed E-state index contributed by atoms with van der Waals surface area (Å²) >= 11 is 5.92. The van der Waals surface area contributed by atoms with E-state index in [2.05, 4.69) is 15.5 Å². The molecule has 1 aromatic carbocycles. The van der Waals surface area contributed by atoms with E-state index in [1.54, 1.807) is 30.5 Å². The van der Waals surface area contributed by atoms with Gasteiger partial charge in [-0.1, -0.05) is 18.2 Å². The number of anilines is 1. The van der Waals surface area contributed by atoms with Gasteiger partial charge in [-0.15, -0.1) is 0 Å². The third-order valence-electron chi connectivity index (χ3n) is 4.50. The molecule has 1 aliphatic rings. The summed E-state index contributed by atoms with van der Waals surface area (Å²) in [6.45, 7) is 2.74. The molecule has 27 heavy (non-hydrogen) atoms. The summed E-state index contributed by atoms with van der Waals surface area (Å²) in [6, 6.07) is 10.8. The molecule has 0 spiro atoms. The molecule has 1 atom stereocenters. The van der Waals surface area contributed by atoms with Gasteiger partial charge in [0.15, 0.2) is 5.11 Å². The van der Waals surface area contributed by atoms with Gasteiger partial charge in [-0.25, -0.2) is 0 Å². The van der Waals surface area contributed by atoms with E-state index in [-0.39, 0.29) is 6.04 Å². The van der Waals surface area contributed by atoms with Gasteiger partial charge in [0, 0.05) is 17.1 Å². The normalized spacial score (nSPS) is 16.3. The zero-order valence-electron chi connectivity index (χ0n) is 14.9. The van der Waals surface area contributed by atoms with E-state index in [4.69, 9.17) is 16.6 Å². The maximum atomic E-state index is 12.4. The number of nitrogens with zero attached hydrogens (tertiary/aromatic N) is 1. The predicted molar refractivity (Wildman–Crippen MR) is 109 cm³/mol. The van der Waals surface area contributed by atoms with Crippen molar-refractivity contribution in [3.63, 3.8) is 0 Å². The number of likely N-dealkylation sites (tertiary alicyclic amines) is 1. The summed E-state index contributed by atoms with van der Waals surface area (Å²) in [6.07, 6.45) is 5.36. The first-order valence-electron chi connectivity index (χ1n) is 8.99. The summed E-state index contributed by atoms with van der Waals surface area (Å²) in [5, 5.41) is 6.86. The van der Waals surface area contributed by atoms with Crippen LogP contribution in [0.3, 0.4) is 0 Å². The maximum absolute atomic E-state index is 12.4. The van der Waals surface area contributed by atoms with E-state index in [1.165, 1.54) is 19.3 Å². The molecule has 8 heteroatoms. The predicted octanol–water partition coefficient (Wildman–Crippen LogP) is 5.11. The van der Waals surface area contributed by atoms with Gasteiger partial charge in [0.1, 0.15) is 5.76 Å². The number of rotatable bonds is 7. The zero-order valence-corrected chi connectivity index (χ0v) is 16.5. The van der Waals surface area contributed by atoms with Crippen molar-refractivity contribution >= 4 is 34.8 Å². The molecule has 0 saturated carbocycles. The molecule has 0 unspecified atom stereocenters. The molecule has 1 fully saturated rings. The number of halogens is 2. The van der Waals surface area contributed by atoms with Crippen molar-refractivity contribution in [1.82, 2.24) is 10.2 Å². The Labute approximate surface area is 167 Å². The van der Waals surface area contributed by atoms with Gasteiger partial charge in [0.05, 0.1) is 12.3 Å². The Hall–Kier alpha value is -1.64. The number of thiocarbonyl (C=S) groups is 1. The Kier molecular flexibility index (Phi) is 7.49. The van der Waals surface area contributed by atoms with Crippen LogP contribution in [0.1, 0.15) is 31.1 Å². The average Bonchev–Trinajstić information content (AvgIpc) is 3.18. The average molecular weight is 412 g/mol. The molecule has 4 nitrogen and oxygen atoms in total. The number of piperidine rings is 1. The number of alkyl halides is 2. The SMILES string of the molecule is FC(F)Sc1ccc(NC(=S)NC[C@@H](c2ccco2)N2CCCCC2)cc1. The van der Waals surface area contributed by atoms with Gasteiger partial charge in [-0.05, 0) is 74.5 Å². The largest absolute Gasteiger partial charge is 0.468 e. The summed E-state index contributed by atoms with van der Waals surface area (Å²) in [4.78, 5) is 2.95. The topological polar surface area (TPSA) is 40.4 Å². The first-order chi connectivity index (χ1) is 13.1. The lowest BCUT2D eigenvalue weighted by Gasteiger charge is -2.33. The maximum Gasteiger partial charge on any atom is 0.288 e. The van der Waals surface area contributed by atoms with Crippen LogP contribution < -0.4 is 10.6 Å². The summed E-state index contributed by atoms with van der Waals surface area (Å²) in [5.41, 5.74) is 0.763. The molecule has 2 N–H and O–H groups in total. The highest BCUT2D eigenvalue weighted by atomic mass is 32.2. The molecule has 146 valence electrons. The van der Waals surface area contributed by atoms with E-state index >= 15 is 0 Å². The molecule has 0 aliphatic carbocycles. The molecule has 1 saturated heterocycles. The Morgan fingerprint density at radius 1 is 1.15 bits per heavy atom. The molecule has 1 aliphatic heterocycles. The summed E-state index contributed by atoms with van der Waals surface area (Å²) in [7, 11) is 0. The van der Waals surface area contributed by atoms with Crippen LogP contribution in [-0.4, -0.2) is 35.4 Å². The molecule has 3 rings (SSSR count). The van der Waals surface area contributed by atoms with E-state index in [0.717, 1.165) is 24.5 Å². The smallest absolute Gasteiger partial charge is 0.288 e. The highest BCUT2D eigenvalue weighted by Gasteiger charge is 2.24. The van der Waals surface area contributed by atoms with E-state index in [9.17, 15) is 8.78 Å². The van der Waals surface area contributed by atoms with Crippen LogP contribution in [0.15, 0.2) is 52.0 Å². The van der Waals surface area contributed by atoms with Gasteiger partial charge in [-0.3, -0.25) is 4.90 Å². The number of hydrogen-bond acceptors (Lipinski definition) is 4. The van der Waals surface area contributed by atoms with Crippen LogP contribution in [-0.2, 0) is 0 Å². The quantitative estimate of drug-likeness (QED) is 0.488. The summed E-state index contributed by atoms with van der Waals surface area (Å²) < 4.78 is 30.4. The molecule has 2 aromatic rings. The highest BCUT2D eigenvalue weighted by Crippen LogP contribution is 2.26. The number of hydrogen-bond donors (Lipinski definition) is 2. The monoisotopic (exact) mass is 411 g/mol. The van der Waals surface area contributed by atoms with Crippen molar-refractivity contribution in [3.05, 3.63) is 48.4 Å². The molecule has 0 radical (unpaired) electrons. The molecular formula is C19H23F2N3OS2. The van der Waals surface area contributed by atoms with Crippen molar-refractivity contribution < 1.29 is 13.2 Å². The second kappa shape index (κ2) is 10.1. The number of thioether (sulfide) groups is 1. The standard InChI is InChI=1S/C19H23F2N3OS2/c20-18(21)27-15-8-6-14(7-9-15)23-19(26)22-13-16(17-5-4-12-25-17)24-10-2-1-3-11-24/h4-9,12,16,18H,1-3,10-11,13H2,(H2,22,23,26)/t16-/m0/s1. The molecular weight excluding hydrogens is 388 g/mol. The Morgan fingerprint density at radius 2 is 1.89 bits per heavy atom. The Bertz CT molecular complexity index is 704. The minimum atomic E-state index is -2.42. The fourth-order valence-electron chi connectivity index (χ4n) is 3.20. The minimum absolute atomic E-state index is 0.130. The van der Waals surface area contributed by atoms with Crippen molar-refractivity contribution in [2.24, 2.45) is 0 Å². The van der Waals surface area contributed by atoms with Crippen LogP contribution in [0.2, 0.25) is 0 Å². The second-order valence-corrected chi connectivity index (χ2v) is 7.84. The van der Waals surface area contributed by atoms with Crippen LogP contribution in [0.25, 0.3) is 0 Å². The first kappa shape index (κ1) is 20.1. The highest BCUT2D eigenvalue weighted by molar-refractivity contribution is 7.99. The number of nitrogens with one attached hydrogen (secondary N) is 2. The lowest BCUT2D eigenvalue weighted by molar-refractivity contribution is 0.146. The van der Waals surface area contributed by atoms with Crippen LogP contribution in [0.4, 0.5) is 14.5 Å². The van der Waals surface area contributed by atoms with Crippen LogP contribution in [0, 0.1) is 0 Å². The Morgan fingerprint density at radius 3 is 2.52 bits per heavy atom. The fraction of sp³-hybridized carbons (Fsp3) is 0.421. The lowest BCUT2D eigenvalue weighted by Crippen LogP contribution is -2.41. The van der Waals surface area contributed by atoms with Crippen LogP contribution in [0.5, 0.6) is 0 Å². The first-order valence-corrected chi connectivity index (χ1v) is 10.3. The second-order valence-electron chi connectivity index (χ2n) is 6.37.